The van der Waals surface area contributed by atoms with E-state index in [1.807, 2.05) is 6.08 Å². The average Bonchev–Trinajstić information content (AvgIpc) is 3.14. The van der Waals surface area contributed by atoms with Crippen molar-refractivity contribution < 1.29 is 30.3 Å². The van der Waals surface area contributed by atoms with Crippen LogP contribution in [0.5, 0.6) is 0 Å². The number of hydrogen-bond donors (Lipinski definition) is 7. The van der Waals surface area contributed by atoms with Gasteiger partial charge in [0.05, 0.1) is 35.7 Å². The summed E-state index contributed by atoms with van der Waals surface area (Å²) in [6, 6.07) is 0. The molecule has 1 saturated carbocycles. The lowest BCUT2D eigenvalue weighted by molar-refractivity contribution is -0.147. The van der Waals surface area contributed by atoms with Crippen molar-refractivity contribution in [1.29, 1.82) is 0 Å². The predicted octanol–water partition coefficient (Wildman–Crippen LogP) is 4.11. The van der Waals surface area contributed by atoms with Gasteiger partial charge in [-0.3, -0.25) is 4.79 Å². The first-order valence-electron chi connectivity index (χ1n) is 15.0. The van der Waals surface area contributed by atoms with E-state index in [1.54, 1.807) is 0 Å². The third-order valence-electron chi connectivity index (χ3n) is 8.45. The summed E-state index contributed by atoms with van der Waals surface area (Å²) in [5, 5.41) is 55.2. The summed E-state index contributed by atoms with van der Waals surface area (Å²) in [6.45, 7) is 2.86. The Morgan fingerprint density at radius 2 is 1.68 bits per heavy atom. The first-order valence-corrected chi connectivity index (χ1v) is 15.0. The Hall–Kier alpha value is -1.61. The molecule has 2 aliphatic rings. The molecule has 8 heteroatoms. The summed E-state index contributed by atoms with van der Waals surface area (Å²) in [7, 11) is 0. The van der Waals surface area contributed by atoms with E-state index in [-0.39, 0.29) is 24.9 Å². The number of aliphatic hydroxyl groups is 4. The number of carboxylic acid groups (broad SMARTS) is 1. The number of nitrogens with one attached hydrogen (secondary N) is 1. The van der Waals surface area contributed by atoms with E-state index in [9.17, 15) is 30.3 Å². The molecule has 2 rings (SSSR count). The molecular weight excluding hydrogens is 484 g/mol. The van der Waals surface area contributed by atoms with Gasteiger partial charge in [0.1, 0.15) is 0 Å². The predicted molar refractivity (Wildman–Crippen MR) is 150 cm³/mol. The Kier molecular flexibility index (Phi) is 14.7. The summed E-state index contributed by atoms with van der Waals surface area (Å²) in [4.78, 5) is 11.8. The van der Waals surface area contributed by atoms with Crippen molar-refractivity contribution in [2.45, 2.75) is 140 Å². The first kappa shape index (κ1) is 32.6. The Bertz CT molecular complexity index is 757. The quantitative estimate of drug-likeness (QED) is 0.114. The highest BCUT2D eigenvalue weighted by molar-refractivity contribution is 5.70. The van der Waals surface area contributed by atoms with Gasteiger partial charge in [0.2, 0.25) is 0 Å². The van der Waals surface area contributed by atoms with Gasteiger partial charge in [0.25, 0.3) is 0 Å². The first-order chi connectivity index (χ1) is 18.1. The third-order valence-corrected chi connectivity index (χ3v) is 8.45. The van der Waals surface area contributed by atoms with Crippen LogP contribution in [0.1, 0.15) is 116 Å². The van der Waals surface area contributed by atoms with E-state index < -0.39 is 29.7 Å². The molecule has 0 bridgehead atoms. The number of hydrogen-bond acceptors (Lipinski definition) is 7. The van der Waals surface area contributed by atoms with E-state index in [0.29, 0.717) is 38.0 Å². The lowest BCUT2D eigenvalue weighted by atomic mass is 9.86. The van der Waals surface area contributed by atoms with Crippen LogP contribution in [0, 0.1) is 11.8 Å². The van der Waals surface area contributed by atoms with Crippen molar-refractivity contribution >= 4 is 5.97 Å². The maximum atomic E-state index is 11.8. The second-order valence-electron chi connectivity index (χ2n) is 11.8. The minimum Gasteiger partial charge on any atom is -0.481 e. The van der Waals surface area contributed by atoms with Gasteiger partial charge < -0.3 is 36.6 Å². The SMILES string of the molecule is CCCCCCCC(O)CCCCCCC(C(=O)O)C(O)CCC1(O)CC(CC2=CCNC(N)=C2)CC1O. The van der Waals surface area contributed by atoms with E-state index in [0.717, 1.165) is 50.5 Å². The molecule has 6 atom stereocenters. The Morgan fingerprint density at radius 3 is 2.29 bits per heavy atom. The van der Waals surface area contributed by atoms with E-state index in [4.69, 9.17) is 5.73 Å². The van der Waals surface area contributed by atoms with E-state index in [2.05, 4.69) is 18.3 Å². The van der Waals surface area contributed by atoms with Gasteiger partial charge in [0, 0.05) is 6.54 Å². The normalized spacial score (nSPS) is 25.8. The van der Waals surface area contributed by atoms with Crippen molar-refractivity contribution in [1.82, 2.24) is 5.32 Å². The molecule has 0 amide bonds. The number of aliphatic hydroxyl groups excluding tert-OH is 3. The number of nitrogens with two attached hydrogens (primary N) is 1. The second-order valence-corrected chi connectivity index (χ2v) is 11.8. The topological polar surface area (TPSA) is 156 Å². The highest BCUT2D eigenvalue weighted by Gasteiger charge is 2.45. The van der Waals surface area contributed by atoms with Crippen LogP contribution in [0.4, 0.5) is 0 Å². The largest absolute Gasteiger partial charge is 0.481 e. The molecule has 0 radical (unpaired) electrons. The monoisotopic (exact) mass is 538 g/mol. The van der Waals surface area contributed by atoms with Crippen molar-refractivity contribution in [2.75, 3.05) is 6.54 Å². The fourth-order valence-corrected chi connectivity index (χ4v) is 6.07. The number of aliphatic carboxylic acids is 1. The lowest BCUT2D eigenvalue weighted by Gasteiger charge is -2.29. The summed E-state index contributed by atoms with van der Waals surface area (Å²) < 4.78 is 0. The molecule has 1 heterocycles. The number of carboxylic acids is 1. The van der Waals surface area contributed by atoms with Crippen LogP contribution < -0.4 is 11.1 Å². The van der Waals surface area contributed by atoms with Crippen LogP contribution in [0.3, 0.4) is 0 Å². The third kappa shape index (κ3) is 11.6. The number of rotatable bonds is 20. The average molecular weight is 539 g/mol. The molecule has 1 aliphatic carbocycles. The van der Waals surface area contributed by atoms with Gasteiger partial charge in [-0.25, -0.2) is 0 Å². The van der Waals surface area contributed by atoms with Gasteiger partial charge >= 0.3 is 5.97 Å². The molecule has 1 aliphatic heterocycles. The number of carbonyl (C=O) groups is 1. The van der Waals surface area contributed by atoms with Crippen LogP contribution in [0.25, 0.3) is 0 Å². The van der Waals surface area contributed by atoms with Crippen molar-refractivity contribution in [3.05, 3.63) is 23.5 Å². The lowest BCUT2D eigenvalue weighted by Crippen LogP contribution is -2.39. The number of dihydropyridines is 1. The zero-order valence-corrected chi connectivity index (χ0v) is 23.5. The maximum Gasteiger partial charge on any atom is 0.309 e. The standard InChI is InChI=1S/C30H54N2O6/c1-2-3-4-5-8-11-24(33)12-9-6-7-10-13-25(29(36)37)26(34)14-16-30(38)21-23(19-27(30)35)18-22-15-17-32-28(31)20-22/h15,20,23-27,32-35,38H,2-14,16-19,21,31H2,1H3,(H,36,37). The Morgan fingerprint density at radius 1 is 1.05 bits per heavy atom. The molecule has 0 aromatic carbocycles. The maximum absolute atomic E-state index is 11.8. The summed E-state index contributed by atoms with van der Waals surface area (Å²) in [6.07, 6.45) is 15.1. The van der Waals surface area contributed by atoms with Crippen molar-refractivity contribution in [2.24, 2.45) is 17.6 Å². The van der Waals surface area contributed by atoms with Crippen LogP contribution in [-0.2, 0) is 4.79 Å². The highest BCUT2D eigenvalue weighted by Crippen LogP contribution is 2.41. The number of allylic oxidation sites excluding steroid dienone is 2. The van der Waals surface area contributed by atoms with Gasteiger partial charge in [-0.05, 0) is 68.9 Å². The van der Waals surface area contributed by atoms with E-state index in [1.165, 1.54) is 25.7 Å². The molecule has 220 valence electrons. The minimum atomic E-state index is -1.31. The molecular formula is C30H54N2O6. The molecule has 8 N–H and O–H groups in total. The molecule has 1 fully saturated rings. The zero-order valence-electron chi connectivity index (χ0n) is 23.5. The molecule has 0 aromatic rings. The van der Waals surface area contributed by atoms with Gasteiger partial charge in [-0.1, -0.05) is 70.8 Å². The summed E-state index contributed by atoms with van der Waals surface area (Å²) in [5.41, 5.74) is 5.61. The molecule has 6 unspecified atom stereocenters. The molecule has 0 spiro atoms. The fourth-order valence-electron chi connectivity index (χ4n) is 6.07. The molecule has 8 nitrogen and oxygen atoms in total. The van der Waals surface area contributed by atoms with Crippen LogP contribution in [0.15, 0.2) is 23.5 Å². The summed E-state index contributed by atoms with van der Waals surface area (Å²) in [5.74, 6) is -1.18. The molecule has 38 heavy (non-hydrogen) atoms. The fraction of sp³-hybridized carbons (Fsp3) is 0.833. The van der Waals surface area contributed by atoms with Crippen LogP contribution >= 0.6 is 0 Å². The smallest absolute Gasteiger partial charge is 0.309 e. The Labute approximate surface area is 229 Å². The molecule has 0 aromatic heterocycles. The molecule has 0 saturated heterocycles. The zero-order chi connectivity index (χ0) is 28.0. The second kappa shape index (κ2) is 17.2. The number of unbranched alkanes of at least 4 members (excludes halogenated alkanes) is 7. The van der Waals surface area contributed by atoms with Crippen LogP contribution in [0.2, 0.25) is 0 Å². The summed E-state index contributed by atoms with van der Waals surface area (Å²) >= 11 is 0. The highest BCUT2D eigenvalue weighted by atomic mass is 16.4. The van der Waals surface area contributed by atoms with Gasteiger partial charge in [-0.2, -0.15) is 0 Å². The Balaban J connectivity index is 1.66. The van der Waals surface area contributed by atoms with Crippen molar-refractivity contribution in [3.8, 4) is 0 Å². The van der Waals surface area contributed by atoms with Crippen molar-refractivity contribution in [3.63, 3.8) is 0 Å². The van der Waals surface area contributed by atoms with Crippen LogP contribution in [-0.4, -0.2) is 62.0 Å². The van der Waals surface area contributed by atoms with Gasteiger partial charge in [0.15, 0.2) is 0 Å². The van der Waals surface area contributed by atoms with Gasteiger partial charge in [-0.15, -0.1) is 0 Å². The minimum absolute atomic E-state index is 0.107. The van der Waals surface area contributed by atoms with E-state index >= 15 is 0 Å².